The standard InChI is InChI=1S/C24H21F3N4O3/c1-14-9-15(5-6-19(14)22(28)33)21-12-30-23-20(29-8-7-24(25,26)27)11-18(13-31(21)23)34-17-4-2-3-16(32)10-17/h2-6,9-13,29,32H,7-8H2,1H3,(H2,28,33). The quantitative estimate of drug-likeness (QED) is 0.342. The molecule has 176 valence electrons. The summed E-state index contributed by atoms with van der Waals surface area (Å²) in [6.45, 7) is 1.41. The third-order valence-electron chi connectivity index (χ3n) is 5.15. The van der Waals surface area contributed by atoms with E-state index in [1.165, 1.54) is 12.1 Å². The minimum absolute atomic E-state index is 0.00967. The van der Waals surface area contributed by atoms with Crippen LogP contribution in [0.5, 0.6) is 17.2 Å². The molecule has 2 heterocycles. The number of pyridine rings is 1. The summed E-state index contributed by atoms with van der Waals surface area (Å²) in [4.78, 5) is 16.0. The van der Waals surface area contributed by atoms with Crippen LogP contribution in [0.3, 0.4) is 0 Å². The van der Waals surface area contributed by atoms with Crippen molar-refractivity contribution in [2.45, 2.75) is 19.5 Å². The van der Waals surface area contributed by atoms with Gasteiger partial charge in [0.05, 0.1) is 30.2 Å². The van der Waals surface area contributed by atoms with Crippen molar-refractivity contribution in [2.75, 3.05) is 11.9 Å². The number of aromatic hydroxyl groups is 1. The van der Waals surface area contributed by atoms with Crippen LogP contribution in [0.2, 0.25) is 0 Å². The molecule has 0 bridgehead atoms. The Kier molecular flexibility index (Phi) is 6.06. The zero-order valence-corrected chi connectivity index (χ0v) is 18.1. The molecule has 7 nitrogen and oxygen atoms in total. The summed E-state index contributed by atoms with van der Waals surface area (Å²) in [7, 11) is 0. The van der Waals surface area contributed by atoms with Crippen LogP contribution in [-0.4, -0.2) is 33.1 Å². The van der Waals surface area contributed by atoms with Gasteiger partial charge in [0.1, 0.15) is 17.2 Å². The van der Waals surface area contributed by atoms with Gasteiger partial charge >= 0.3 is 6.18 Å². The summed E-state index contributed by atoms with van der Waals surface area (Å²) in [5.74, 6) is 0.136. The van der Waals surface area contributed by atoms with E-state index in [-0.39, 0.29) is 12.3 Å². The number of hydrogen-bond acceptors (Lipinski definition) is 5. The van der Waals surface area contributed by atoms with Crippen molar-refractivity contribution in [2.24, 2.45) is 5.73 Å². The Bertz CT molecular complexity index is 1370. The van der Waals surface area contributed by atoms with Crippen molar-refractivity contribution >= 4 is 17.2 Å². The van der Waals surface area contributed by atoms with E-state index >= 15 is 0 Å². The topological polar surface area (TPSA) is 102 Å². The Hall–Kier alpha value is -4.21. The first kappa shape index (κ1) is 23.0. The molecule has 10 heteroatoms. The number of hydrogen-bond donors (Lipinski definition) is 3. The van der Waals surface area contributed by atoms with Crippen molar-refractivity contribution in [3.05, 3.63) is 72.1 Å². The van der Waals surface area contributed by atoms with Gasteiger partial charge in [-0.15, -0.1) is 0 Å². The average Bonchev–Trinajstić information content (AvgIpc) is 3.16. The Morgan fingerprint density at radius 2 is 1.97 bits per heavy atom. The number of benzene rings is 2. The molecule has 0 unspecified atom stereocenters. The first-order valence-electron chi connectivity index (χ1n) is 10.3. The molecule has 4 aromatic rings. The van der Waals surface area contributed by atoms with E-state index in [4.69, 9.17) is 10.5 Å². The Labute approximate surface area is 192 Å². The molecule has 2 aromatic carbocycles. The second kappa shape index (κ2) is 8.97. The van der Waals surface area contributed by atoms with Gasteiger partial charge in [-0.3, -0.25) is 9.20 Å². The highest BCUT2D eigenvalue weighted by molar-refractivity contribution is 5.95. The number of amides is 1. The fourth-order valence-corrected chi connectivity index (χ4v) is 3.58. The van der Waals surface area contributed by atoms with E-state index in [9.17, 15) is 23.1 Å². The van der Waals surface area contributed by atoms with E-state index in [2.05, 4.69) is 10.3 Å². The highest BCUT2D eigenvalue weighted by Crippen LogP contribution is 2.33. The summed E-state index contributed by atoms with van der Waals surface area (Å²) in [6.07, 6.45) is -2.09. The van der Waals surface area contributed by atoms with Crippen LogP contribution in [0.15, 0.2) is 60.9 Å². The fourth-order valence-electron chi connectivity index (χ4n) is 3.58. The lowest BCUT2D eigenvalue weighted by Crippen LogP contribution is -2.15. The van der Waals surface area contributed by atoms with Crippen LogP contribution < -0.4 is 15.8 Å². The summed E-state index contributed by atoms with van der Waals surface area (Å²) >= 11 is 0. The number of phenols is 1. The number of anilines is 1. The highest BCUT2D eigenvalue weighted by Gasteiger charge is 2.26. The number of nitrogens with one attached hydrogen (secondary N) is 1. The smallest absolute Gasteiger partial charge is 0.390 e. The first-order valence-corrected chi connectivity index (χ1v) is 10.3. The molecule has 0 aliphatic rings. The molecule has 4 rings (SSSR count). The molecule has 0 atom stereocenters. The second-order valence-electron chi connectivity index (χ2n) is 7.71. The summed E-state index contributed by atoms with van der Waals surface area (Å²) in [6, 6.07) is 12.8. The van der Waals surface area contributed by atoms with Crippen LogP contribution in [0.4, 0.5) is 18.9 Å². The number of alkyl halides is 3. The number of halogens is 3. The van der Waals surface area contributed by atoms with Gasteiger partial charge in [0, 0.05) is 29.8 Å². The van der Waals surface area contributed by atoms with E-state index in [1.54, 1.807) is 60.1 Å². The van der Waals surface area contributed by atoms with Crippen LogP contribution in [0, 0.1) is 6.92 Å². The second-order valence-corrected chi connectivity index (χ2v) is 7.71. The zero-order chi connectivity index (χ0) is 24.5. The number of nitrogens with two attached hydrogens (primary N) is 1. The van der Waals surface area contributed by atoms with Crippen LogP contribution >= 0.6 is 0 Å². The Morgan fingerprint density at radius 1 is 1.18 bits per heavy atom. The number of fused-ring (bicyclic) bond motifs is 1. The normalized spacial score (nSPS) is 11.5. The lowest BCUT2D eigenvalue weighted by atomic mass is 10.0. The zero-order valence-electron chi connectivity index (χ0n) is 18.1. The Balaban J connectivity index is 1.78. The maximum Gasteiger partial charge on any atom is 0.390 e. The molecule has 2 aromatic heterocycles. The third kappa shape index (κ3) is 5.06. The first-order chi connectivity index (χ1) is 16.1. The van der Waals surface area contributed by atoms with E-state index in [1.807, 2.05) is 0 Å². The van der Waals surface area contributed by atoms with E-state index in [0.717, 1.165) is 5.56 Å². The third-order valence-corrected chi connectivity index (χ3v) is 5.15. The van der Waals surface area contributed by atoms with Crippen molar-refractivity contribution in [1.82, 2.24) is 9.38 Å². The molecule has 0 aliphatic heterocycles. The predicted molar refractivity (Wildman–Crippen MR) is 121 cm³/mol. The van der Waals surface area contributed by atoms with Crippen molar-refractivity contribution < 1.29 is 27.8 Å². The van der Waals surface area contributed by atoms with E-state index < -0.39 is 18.5 Å². The SMILES string of the molecule is Cc1cc(-c2cnc3c(NCCC(F)(F)F)cc(Oc4cccc(O)c4)cn23)ccc1C(N)=O. The molecule has 0 fully saturated rings. The lowest BCUT2D eigenvalue weighted by molar-refractivity contribution is -0.131. The maximum absolute atomic E-state index is 12.7. The van der Waals surface area contributed by atoms with Crippen molar-refractivity contribution in [3.63, 3.8) is 0 Å². The predicted octanol–water partition coefficient (Wildman–Crippen LogP) is 5.27. The molecule has 0 radical (unpaired) electrons. The van der Waals surface area contributed by atoms with Gasteiger partial charge in [-0.05, 0) is 36.8 Å². The number of ether oxygens (including phenoxy) is 1. The molecule has 34 heavy (non-hydrogen) atoms. The van der Waals surface area contributed by atoms with Crippen molar-refractivity contribution in [3.8, 4) is 28.5 Å². The highest BCUT2D eigenvalue weighted by atomic mass is 19.4. The fraction of sp³-hybridized carbons (Fsp3) is 0.167. The lowest BCUT2D eigenvalue weighted by Gasteiger charge is -2.14. The monoisotopic (exact) mass is 470 g/mol. The number of nitrogens with zero attached hydrogens (tertiary/aromatic N) is 2. The van der Waals surface area contributed by atoms with E-state index in [0.29, 0.717) is 39.7 Å². The van der Waals surface area contributed by atoms with Gasteiger partial charge in [-0.1, -0.05) is 12.1 Å². The summed E-state index contributed by atoms with van der Waals surface area (Å²) in [5, 5.41) is 12.5. The maximum atomic E-state index is 12.7. The molecule has 4 N–H and O–H groups in total. The number of aryl methyl sites for hydroxylation is 1. The van der Waals surface area contributed by atoms with Gasteiger partial charge in [0.2, 0.25) is 5.91 Å². The summed E-state index contributed by atoms with van der Waals surface area (Å²) in [5.41, 5.74) is 8.57. The van der Waals surface area contributed by atoms with Gasteiger partial charge < -0.3 is 20.9 Å². The van der Waals surface area contributed by atoms with Crippen LogP contribution in [0.25, 0.3) is 16.9 Å². The molecular weight excluding hydrogens is 449 g/mol. The van der Waals surface area contributed by atoms with Crippen molar-refractivity contribution in [1.29, 1.82) is 0 Å². The molecular formula is C24H21F3N4O3. The molecule has 0 aliphatic carbocycles. The van der Waals surface area contributed by atoms with Crippen LogP contribution in [0.1, 0.15) is 22.3 Å². The summed E-state index contributed by atoms with van der Waals surface area (Å²) < 4.78 is 45.6. The van der Waals surface area contributed by atoms with Gasteiger partial charge in [-0.25, -0.2) is 4.98 Å². The Morgan fingerprint density at radius 3 is 2.65 bits per heavy atom. The minimum Gasteiger partial charge on any atom is -0.508 e. The van der Waals surface area contributed by atoms with Crippen LogP contribution in [-0.2, 0) is 0 Å². The van der Waals surface area contributed by atoms with Gasteiger partial charge in [0.25, 0.3) is 0 Å². The molecule has 0 saturated heterocycles. The molecule has 0 spiro atoms. The largest absolute Gasteiger partial charge is 0.508 e. The number of primary amides is 1. The molecule has 1 amide bonds. The number of carbonyl (C=O) groups excluding carboxylic acids is 1. The molecule has 0 saturated carbocycles. The average molecular weight is 470 g/mol. The number of rotatable bonds is 7. The number of carbonyl (C=O) groups is 1. The number of imidazole rings is 1. The van der Waals surface area contributed by atoms with Gasteiger partial charge in [0.15, 0.2) is 5.65 Å². The van der Waals surface area contributed by atoms with Gasteiger partial charge in [-0.2, -0.15) is 13.2 Å². The number of phenolic OH excluding ortho intramolecular Hbond substituents is 1. The minimum atomic E-state index is -4.31. The number of aromatic nitrogens is 2.